The summed E-state index contributed by atoms with van der Waals surface area (Å²) in [6.45, 7) is 6.53. The molecule has 1 amide bonds. The van der Waals surface area contributed by atoms with Crippen molar-refractivity contribution in [2.24, 2.45) is 0 Å². The van der Waals surface area contributed by atoms with Gasteiger partial charge in [-0.2, -0.15) is 0 Å². The van der Waals surface area contributed by atoms with Crippen LogP contribution < -0.4 is 14.5 Å². The number of hydrogen-bond donors (Lipinski definition) is 0. The fraction of sp³-hybridized carbons (Fsp3) is 0.435. The number of methoxy groups -OCH3 is 1. The molecule has 2 aliphatic heterocycles. The third-order valence-corrected chi connectivity index (χ3v) is 5.73. The molecule has 0 N–H and O–H groups in total. The third-order valence-electron chi connectivity index (χ3n) is 5.73. The Morgan fingerprint density at radius 2 is 1.59 bits per heavy atom. The lowest BCUT2D eigenvalue weighted by atomic mass is 10.1. The van der Waals surface area contributed by atoms with Crippen LogP contribution in [-0.4, -0.2) is 70.4 Å². The average Bonchev–Trinajstić information content (AvgIpc) is 2.80. The van der Waals surface area contributed by atoms with Crippen LogP contribution in [0.3, 0.4) is 0 Å². The normalized spacial score (nSPS) is 17.3. The third kappa shape index (κ3) is 4.65. The standard InChI is InChI=1S/C23H29N3O3/c1-28-22-5-3-2-4-21(22)25-10-12-26(13-11-25)23(27)18-19-6-8-20(9-7-19)24-14-16-29-17-15-24/h2-9H,10-18H2,1H3. The van der Waals surface area contributed by atoms with Gasteiger partial charge in [0.05, 0.1) is 32.4 Å². The molecule has 2 heterocycles. The second-order valence-electron chi connectivity index (χ2n) is 7.48. The van der Waals surface area contributed by atoms with E-state index in [1.54, 1.807) is 7.11 Å². The maximum absolute atomic E-state index is 12.8. The van der Waals surface area contributed by atoms with Crippen LogP contribution in [0, 0.1) is 0 Å². The van der Waals surface area contributed by atoms with Crippen molar-refractivity contribution in [2.45, 2.75) is 6.42 Å². The summed E-state index contributed by atoms with van der Waals surface area (Å²) in [5.74, 6) is 1.08. The van der Waals surface area contributed by atoms with Gasteiger partial charge >= 0.3 is 0 Å². The van der Waals surface area contributed by atoms with Crippen LogP contribution in [0.4, 0.5) is 11.4 Å². The monoisotopic (exact) mass is 395 g/mol. The maximum atomic E-state index is 12.8. The molecular formula is C23H29N3O3. The Morgan fingerprint density at radius 3 is 2.28 bits per heavy atom. The number of rotatable bonds is 5. The maximum Gasteiger partial charge on any atom is 0.227 e. The number of hydrogen-bond acceptors (Lipinski definition) is 5. The number of piperazine rings is 1. The van der Waals surface area contributed by atoms with Crippen molar-refractivity contribution >= 4 is 17.3 Å². The predicted octanol–water partition coefficient (Wildman–Crippen LogP) is 2.42. The highest BCUT2D eigenvalue weighted by molar-refractivity contribution is 5.79. The Hall–Kier alpha value is -2.73. The molecule has 2 aromatic carbocycles. The SMILES string of the molecule is COc1ccccc1N1CCN(C(=O)Cc2ccc(N3CCOCC3)cc2)CC1. The van der Waals surface area contributed by atoms with Crippen molar-refractivity contribution in [3.63, 3.8) is 0 Å². The number of carbonyl (C=O) groups excluding carboxylic acids is 1. The summed E-state index contributed by atoms with van der Waals surface area (Å²) < 4.78 is 10.9. The molecule has 2 saturated heterocycles. The summed E-state index contributed by atoms with van der Waals surface area (Å²) in [7, 11) is 1.70. The first-order valence-electron chi connectivity index (χ1n) is 10.3. The number of benzene rings is 2. The van der Waals surface area contributed by atoms with Gasteiger partial charge in [0.25, 0.3) is 0 Å². The van der Waals surface area contributed by atoms with Crippen LogP contribution in [-0.2, 0) is 16.0 Å². The topological polar surface area (TPSA) is 45.2 Å². The second-order valence-corrected chi connectivity index (χ2v) is 7.48. The number of nitrogens with zero attached hydrogens (tertiary/aromatic N) is 3. The van der Waals surface area contributed by atoms with E-state index < -0.39 is 0 Å². The first kappa shape index (κ1) is 19.6. The molecule has 2 aromatic rings. The van der Waals surface area contributed by atoms with Crippen molar-refractivity contribution in [3.8, 4) is 5.75 Å². The van der Waals surface area contributed by atoms with Crippen molar-refractivity contribution in [1.29, 1.82) is 0 Å². The summed E-state index contributed by atoms with van der Waals surface area (Å²) in [6.07, 6.45) is 0.456. The molecular weight excluding hydrogens is 366 g/mol. The van der Waals surface area contributed by atoms with Gasteiger partial charge in [-0.3, -0.25) is 4.79 Å². The summed E-state index contributed by atoms with van der Waals surface area (Å²) >= 11 is 0. The Morgan fingerprint density at radius 1 is 0.897 bits per heavy atom. The van der Waals surface area contributed by atoms with E-state index in [2.05, 4.69) is 40.1 Å². The molecule has 4 rings (SSSR count). The lowest BCUT2D eigenvalue weighted by molar-refractivity contribution is -0.130. The number of ether oxygens (including phenoxy) is 2. The van der Waals surface area contributed by atoms with Gasteiger partial charge in [0.2, 0.25) is 5.91 Å². The molecule has 0 aromatic heterocycles. The Balaban J connectivity index is 1.30. The van der Waals surface area contributed by atoms with Gasteiger partial charge in [-0.15, -0.1) is 0 Å². The number of para-hydroxylation sites is 2. The van der Waals surface area contributed by atoms with Crippen molar-refractivity contribution in [1.82, 2.24) is 4.90 Å². The number of anilines is 2. The van der Waals surface area contributed by atoms with Gasteiger partial charge in [0.1, 0.15) is 5.75 Å². The van der Waals surface area contributed by atoms with Crippen molar-refractivity contribution < 1.29 is 14.3 Å². The first-order valence-corrected chi connectivity index (χ1v) is 10.3. The first-order chi connectivity index (χ1) is 14.2. The fourth-order valence-corrected chi connectivity index (χ4v) is 4.02. The summed E-state index contributed by atoms with van der Waals surface area (Å²) in [5.41, 5.74) is 3.37. The Kier molecular flexibility index (Phi) is 6.20. The van der Waals surface area contributed by atoms with Crippen LogP contribution in [0.25, 0.3) is 0 Å². The molecule has 0 unspecified atom stereocenters. The molecule has 0 saturated carbocycles. The van der Waals surface area contributed by atoms with E-state index in [0.29, 0.717) is 6.42 Å². The second kappa shape index (κ2) is 9.18. The molecule has 0 bridgehead atoms. The van der Waals surface area contributed by atoms with E-state index in [4.69, 9.17) is 9.47 Å². The van der Waals surface area contributed by atoms with E-state index in [1.807, 2.05) is 23.1 Å². The largest absolute Gasteiger partial charge is 0.495 e. The molecule has 0 aliphatic carbocycles. The lowest BCUT2D eigenvalue weighted by Crippen LogP contribution is -2.49. The Bertz CT molecular complexity index is 810. The average molecular weight is 396 g/mol. The molecule has 29 heavy (non-hydrogen) atoms. The summed E-state index contributed by atoms with van der Waals surface area (Å²) in [5, 5.41) is 0. The van der Waals surface area contributed by atoms with E-state index in [-0.39, 0.29) is 5.91 Å². The van der Waals surface area contributed by atoms with Crippen LogP contribution in [0.2, 0.25) is 0 Å². The number of amides is 1. The molecule has 2 fully saturated rings. The number of carbonyl (C=O) groups is 1. The molecule has 6 heteroatoms. The molecule has 154 valence electrons. The zero-order chi connectivity index (χ0) is 20.1. The molecule has 0 spiro atoms. The smallest absolute Gasteiger partial charge is 0.227 e. The Labute approximate surface area is 172 Å². The van der Waals surface area contributed by atoms with Gasteiger partial charge in [0.15, 0.2) is 0 Å². The summed E-state index contributed by atoms with van der Waals surface area (Å²) in [6, 6.07) is 16.4. The van der Waals surface area contributed by atoms with Crippen LogP contribution >= 0.6 is 0 Å². The van der Waals surface area contributed by atoms with E-state index in [9.17, 15) is 4.79 Å². The zero-order valence-electron chi connectivity index (χ0n) is 17.0. The minimum absolute atomic E-state index is 0.198. The van der Waals surface area contributed by atoms with Gasteiger partial charge < -0.3 is 24.2 Å². The van der Waals surface area contributed by atoms with Crippen LogP contribution in [0.1, 0.15) is 5.56 Å². The molecule has 0 atom stereocenters. The van der Waals surface area contributed by atoms with E-state index in [1.165, 1.54) is 5.69 Å². The quantitative estimate of drug-likeness (QED) is 0.778. The highest BCUT2D eigenvalue weighted by atomic mass is 16.5. The zero-order valence-corrected chi connectivity index (χ0v) is 17.0. The van der Waals surface area contributed by atoms with Crippen LogP contribution in [0.5, 0.6) is 5.75 Å². The molecule has 6 nitrogen and oxygen atoms in total. The van der Waals surface area contributed by atoms with Crippen LogP contribution in [0.15, 0.2) is 48.5 Å². The summed E-state index contributed by atoms with van der Waals surface area (Å²) in [4.78, 5) is 19.4. The minimum Gasteiger partial charge on any atom is -0.495 e. The predicted molar refractivity (Wildman–Crippen MR) is 115 cm³/mol. The van der Waals surface area contributed by atoms with Gasteiger partial charge in [-0.25, -0.2) is 0 Å². The molecule has 0 radical (unpaired) electrons. The lowest BCUT2D eigenvalue weighted by Gasteiger charge is -2.36. The highest BCUT2D eigenvalue weighted by Crippen LogP contribution is 2.28. The highest BCUT2D eigenvalue weighted by Gasteiger charge is 2.23. The van der Waals surface area contributed by atoms with Gasteiger partial charge in [-0.05, 0) is 29.8 Å². The van der Waals surface area contributed by atoms with Gasteiger partial charge in [0, 0.05) is 45.0 Å². The minimum atomic E-state index is 0.198. The van der Waals surface area contributed by atoms with E-state index >= 15 is 0 Å². The van der Waals surface area contributed by atoms with Crippen molar-refractivity contribution in [2.75, 3.05) is 69.4 Å². The van der Waals surface area contributed by atoms with Gasteiger partial charge in [-0.1, -0.05) is 24.3 Å². The number of morpholine rings is 1. The molecule has 2 aliphatic rings. The van der Waals surface area contributed by atoms with E-state index in [0.717, 1.165) is 69.5 Å². The van der Waals surface area contributed by atoms with Crippen molar-refractivity contribution in [3.05, 3.63) is 54.1 Å². The fourth-order valence-electron chi connectivity index (χ4n) is 4.02.